The Hall–Kier alpha value is -0.630. The molecule has 0 aliphatic carbocycles. The van der Waals surface area contributed by atoms with Gasteiger partial charge in [-0.15, -0.1) is 0 Å². The zero-order valence-electron chi connectivity index (χ0n) is 10.1. The van der Waals surface area contributed by atoms with Gasteiger partial charge in [0.1, 0.15) is 6.29 Å². The van der Waals surface area contributed by atoms with Crippen molar-refractivity contribution in [3.63, 3.8) is 0 Å². The summed E-state index contributed by atoms with van der Waals surface area (Å²) < 4.78 is 0. The van der Waals surface area contributed by atoms with Crippen molar-refractivity contribution < 1.29 is 4.79 Å². The van der Waals surface area contributed by atoms with Crippen LogP contribution in [0.3, 0.4) is 0 Å². The summed E-state index contributed by atoms with van der Waals surface area (Å²) in [4.78, 5) is 13.4. The molecule has 0 unspecified atom stereocenters. The number of rotatable bonds is 2. The Bertz CT molecular complexity index is 274. The SMILES string of the molecule is CC(C)N1C(C)(C)C=C(C=O)C1(C)C. The molecule has 0 spiro atoms. The molecule has 0 aromatic heterocycles. The molecule has 1 aliphatic rings. The summed E-state index contributed by atoms with van der Waals surface area (Å²) in [7, 11) is 0. The van der Waals surface area contributed by atoms with Crippen LogP contribution in [0.15, 0.2) is 11.6 Å². The highest BCUT2D eigenvalue weighted by molar-refractivity contribution is 5.78. The van der Waals surface area contributed by atoms with E-state index < -0.39 is 0 Å². The van der Waals surface area contributed by atoms with Crippen LogP contribution < -0.4 is 0 Å². The first-order valence-corrected chi connectivity index (χ1v) is 5.21. The second-order valence-electron chi connectivity index (χ2n) is 5.39. The molecule has 1 rings (SSSR count). The number of hydrogen-bond acceptors (Lipinski definition) is 2. The summed E-state index contributed by atoms with van der Waals surface area (Å²) in [6.07, 6.45) is 3.07. The molecule has 0 saturated heterocycles. The normalized spacial score (nSPS) is 25.2. The van der Waals surface area contributed by atoms with Gasteiger partial charge in [0.25, 0.3) is 0 Å². The quantitative estimate of drug-likeness (QED) is 0.631. The zero-order chi connectivity index (χ0) is 11.1. The first kappa shape index (κ1) is 11.4. The molecule has 0 atom stereocenters. The lowest BCUT2D eigenvalue weighted by molar-refractivity contribution is -0.105. The van der Waals surface area contributed by atoms with E-state index in [0.717, 1.165) is 11.9 Å². The third kappa shape index (κ3) is 1.52. The van der Waals surface area contributed by atoms with Crippen molar-refractivity contribution in [1.82, 2.24) is 4.90 Å². The molecule has 0 bridgehead atoms. The van der Waals surface area contributed by atoms with Crippen LogP contribution in [0.5, 0.6) is 0 Å². The lowest BCUT2D eigenvalue weighted by Crippen LogP contribution is -2.53. The smallest absolute Gasteiger partial charge is 0.147 e. The van der Waals surface area contributed by atoms with Gasteiger partial charge in [0, 0.05) is 22.7 Å². The van der Waals surface area contributed by atoms with Crippen molar-refractivity contribution in [2.75, 3.05) is 0 Å². The lowest BCUT2D eigenvalue weighted by atomic mass is 9.95. The molecule has 14 heavy (non-hydrogen) atoms. The average Bonchev–Trinajstić information content (AvgIpc) is 2.15. The zero-order valence-corrected chi connectivity index (χ0v) is 10.1. The van der Waals surface area contributed by atoms with Gasteiger partial charge in [-0.2, -0.15) is 0 Å². The minimum Gasteiger partial charge on any atom is -0.298 e. The second-order valence-corrected chi connectivity index (χ2v) is 5.39. The fraction of sp³-hybridized carbons (Fsp3) is 0.750. The Morgan fingerprint density at radius 3 is 2.00 bits per heavy atom. The van der Waals surface area contributed by atoms with Gasteiger partial charge in [-0.1, -0.05) is 6.08 Å². The van der Waals surface area contributed by atoms with Gasteiger partial charge in [0.2, 0.25) is 0 Å². The van der Waals surface area contributed by atoms with Gasteiger partial charge in [-0.3, -0.25) is 9.69 Å². The van der Waals surface area contributed by atoms with Gasteiger partial charge < -0.3 is 0 Å². The predicted molar refractivity (Wildman–Crippen MR) is 59.3 cm³/mol. The molecule has 0 aromatic carbocycles. The average molecular weight is 195 g/mol. The van der Waals surface area contributed by atoms with E-state index in [4.69, 9.17) is 0 Å². The van der Waals surface area contributed by atoms with E-state index in [1.807, 2.05) is 0 Å². The summed E-state index contributed by atoms with van der Waals surface area (Å²) in [6, 6.07) is 0.439. The molecule has 0 radical (unpaired) electrons. The molecular formula is C12H21NO. The molecule has 1 aliphatic heterocycles. The van der Waals surface area contributed by atoms with Gasteiger partial charge in [-0.05, 0) is 41.5 Å². The molecule has 0 N–H and O–H groups in total. The molecule has 0 amide bonds. The maximum atomic E-state index is 11.0. The summed E-state index contributed by atoms with van der Waals surface area (Å²) in [5.41, 5.74) is 0.740. The molecule has 0 fully saturated rings. The number of hydrogen-bond donors (Lipinski definition) is 0. The van der Waals surface area contributed by atoms with Gasteiger partial charge in [-0.25, -0.2) is 0 Å². The van der Waals surface area contributed by atoms with E-state index >= 15 is 0 Å². The fourth-order valence-corrected chi connectivity index (χ4v) is 2.98. The van der Waals surface area contributed by atoms with Crippen LogP contribution in [0.2, 0.25) is 0 Å². The van der Waals surface area contributed by atoms with E-state index in [2.05, 4.69) is 52.5 Å². The maximum Gasteiger partial charge on any atom is 0.147 e. The molecule has 80 valence electrons. The van der Waals surface area contributed by atoms with Gasteiger partial charge >= 0.3 is 0 Å². The Morgan fingerprint density at radius 1 is 1.29 bits per heavy atom. The summed E-state index contributed by atoms with van der Waals surface area (Å²) >= 11 is 0. The van der Waals surface area contributed by atoms with Crippen LogP contribution in [0.4, 0.5) is 0 Å². The Labute approximate surface area is 87.0 Å². The van der Waals surface area contributed by atoms with E-state index in [-0.39, 0.29) is 11.1 Å². The number of carbonyl (C=O) groups is 1. The lowest BCUT2D eigenvalue weighted by Gasteiger charge is -2.44. The summed E-state index contributed by atoms with van der Waals surface area (Å²) in [5, 5.41) is 0. The minimum absolute atomic E-state index is 0.0199. The van der Waals surface area contributed by atoms with E-state index in [1.54, 1.807) is 0 Å². The van der Waals surface area contributed by atoms with Gasteiger partial charge in [0.05, 0.1) is 0 Å². The van der Waals surface area contributed by atoms with Crippen LogP contribution in [-0.2, 0) is 4.79 Å². The van der Waals surface area contributed by atoms with E-state index in [9.17, 15) is 4.79 Å². The highest BCUT2D eigenvalue weighted by atomic mass is 16.1. The molecule has 0 saturated carbocycles. The van der Waals surface area contributed by atoms with Crippen LogP contribution >= 0.6 is 0 Å². The Morgan fingerprint density at radius 2 is 1.79 bits per heavy atom. The minimum atomic E-state index is -0.139. The van der Waals surface area contributed by atoms with Crippen molar-refractivity contribution in [2.24, 2.45) is 0 Å². The summed E-state index contributed by atoms with van der Waals surface area (Å²) in [6.45, 7) is 12.9. The largest absolute Gasteiger partial charge is 0.298 e. The van der Waals surface area contributed by atoms with Crippen molar-refractivity contribution in [2.45, 2.75) is 58.7 Å². The first-order chi connectivity index (χ1) is 6.23. The van der Waals surface area contributed by atoms with Crippen molar-refractivity contribution in [1.29, 1.82) is 0 Å². The molecule has 1 heterocycles. The van der Waals surface area contributed by atoms with Crippen molar-refractivity contribution in [3.05, 3.63) is 11.6 Å². The van der Waals surface area contributed by atoms with Crippen LogP contribution in [0, 0.1) is 0 Å². The summed E-state index contributed by atoms with van der Waals surface area (Å²) in [5.74, 6) is 0. The van der Waals surface area contributed by atoms with E-state index in [0.29, 0.717) is 6.04 Å². The number of carbonyl (C=O) groups excluding carboxylic acids is 1. The Balaban J connectivity index is 3.17. The van der Waals surface area contributed by atoms with Crippen molar-refractivity contribution >= 4 is 6.29 Å². The number of nitrogens with zero attached hydrogens (tertiary/aromatic N) is 1. The molecular weight excluding hydrogens is 174 g/mol. The molecule has 2 heteroatoms. The standard InChI is InChI=1S/C12H21NO/c1-9(2)13-11(3,4)7-10(8-14)12(13,5)6/h7-9H,1-6H3. The van der Waals surface area contributed by atoms with Crippen LogP contribution in [0.25, 0.3) is 0 Å². The third-order valence-corrected chi connectivity index (χ3v) is 3.08. The predicted octanol–water partition coefficient (Wildman–Crippen LogP) is 2.39. The second kappa shape index (κ2) is 3.20. The van der Waals surface area contributed by atoms with Crippen LogP contribution in [-0.4, -0.2) is 28.3 Å². The van der Waals surface area contributed by atoms with E-state index in [1.165, 1.54) is 0 Å². The first-order valence-electron chi connectivity index (χ1n) is 5.21. The highest BCUT2D eigenvalue weighted by Gasteiger charge is 2.46. The monoisotopic (exact) mass is 195 g/mol. The van der Waals surface area contributed by atoms with Gasteiger partial charge in [0.15, 0.2) is 0 Å². The highest BCUT2D eigenvalue weighted by Crippen LogP contribution is 2.40. The topological polar surface area (TPSA) is 20.3 Å². The van der Waals surface area contributed by atoms with Crippen LogP contribution in [0.1, 0.15) is 41.5 Å². The number of aldehydes is 1. The van der Waals surface area contributed by atoms with Crippen molar-refractivity contribution in [3.8, 4) is 0 Å². The third-order valence-electron chi connectivity index (χ3n) is 3.08. The fourth-order valence-electron chi connectivity index (χ4n) is 2.98. The Kier molecular flexibility index (Phi) is 2.61. The molecule has 0 aromatic rings. The maximum absolute atomic E-state index is 11.0. The molecule has 2 nitrogen and oxygen atoms in total.